The molecule has 0 spiro atoms. The van der Waals surface area contributed by atoms with E-state index in [4.69, 9.17) is 5.73 Å². The smallest absolute Gasteiger partial charge is 0.272 e. The van der Waals surface area contributed by atoms with E-state index in [2.05, 4.69) is 9.97 Å². The number of rotatable bonds is 0. The molecule has 0 aromatic carbocycles. The lowest BCUT2D eigenvalue weighted by Crippen LogP contribution is -2.11. The van der Waals surface area contributed by atoms with Gasteiger partial charge in [-0.05, 0) is 24.6 Å². The van der Waals surface area contributed by atoms with E-state index in [1.807, 2.05) is 13.0 Å². The third-order valence-corrected chi connectivity index (χ3v) is 2.00. The zero-order valence-corrected chi connectivity index (χ0v) is 7.16. The summed E-state index contributed by atoms with van der Waals surface area (Å²) in [6, 6.07) is 3.52. The average molecular weight is 175 g/mol. The van der Waals surface area contributed by atoms with Crippen molar-refractivity contribution in [2.75, 3.05) is 5.73 Å². The summed E-state index contributed by atoms with van der Waals surface area (Å²) in [4.78, 5) is 17.8. The highest BCUT2D eigenvalue weighted by atomic mass is 16.1. The van der Waals surface area contributed by atoms with Gasteiger partial charge < -0.3 is 10.7 Å². The molecule has 0 saturated heterocycles. The van der Waals surface area contributed by atoms with Crippen molar-refractivity contribution < 1.29 is 0 Å². The number of hydrogen-bond donors (Lipinski definition) is 2. The number of nitrogen functional groups attached to an aromatic ring is 1. The number of fused-ring (bicyclic) bond motifs is 1. The van der Waals surface area contributed by atoms with Crippen LogP contribution in [0.25, 0.3) is 11.0 Å². The van der Waals surface area contributed by atoms with E-state index in [-0.39, 0.29) is 11.2 Å². The number of H-pyrrole nitrogens is 1. The van der Waals surface area contributed by atoms with Gasteiger partial charge in [-0.1, -0.05) is 0 Å². The lowest BCUT2D eigenvalue weighted by Gasteiger charge is -2.00. The highest BCUT2D eigenvalue weighted by molar-refractivity contribution is 5.80. The van der Waals surface area contributed by atoms with Gasteiger partial charge in [-0.15, -0.1) is 0 Å². The number of hydrogen-bond acceptors (Lipinski definition) is 3. The molecule has 2 aromatic heterocycles. The number of nitrogens with two attached hydrogens (primary N) is 1. The van der Waals surface area contributed by atoms with Crippen molar-refractivity contribution >= 4 is 16.7 Å². The molecule has 3 N–H and O–H groups in total. The molecule has 0 radical (unpaired) electrons. The third kappa shape index (κ3) is 1.16. The second-order valence-corrected chi connectivity index (χ2v) is 2.94. The second kappa shape index (κ2) is 2.58. The molecule has 0 atom stereocenters. The maximum Gasteiger partial charge on any atom is 0.272 e. The summed E-state index contributed by atoms with van der Waals surface area (Å²) >= 11 is 0. The zero-order valence-electron chi connectivity index (χ0n) is 7.16. The summed E-state index contributed by atoms with van der Waals surface area (Å²) in [7, 11) is 0. The van der Waals surface area contributed by atoms with Gasteiger partial charge in [0.1, 0.15) is 5.65 Å². The van der Waals surface area contributed by atoms with Crippen molar-refractivity contribution in [3.05, 3.63) is 34.2 Å². The van der Waals surface area contributed by atoms with Crippen molar-refractivity contribution in [1.29, 1.82) is 0 Å². The molecule has 0 aliphatic carbocycles. The van der Waals surface area contributed by atoms with E-state index in [0.717, 1.165) is 10.9 Å². The molecule has 0 aliphatic rings. The number of pyridine rings is 2. The Kier molecular flexibility index (Phi) is 1.55. The topological polar surface area (TPSA) is 71.8 Å². The fourth-order valence-corrected chi connectivity index (χ4v) is 1.25. The van der Waals surface area contributed by atoms with E-state index in [9.17, 15) is 4.79 Å². The van der Waals surface area contributed by atoms with Crippen molar-refractivity contribution in [3.63, 3.8) is 0 Å². The van der Waals surface area contributed by atoms with Crippen LogP contribution < -0.4 is 11.3 Å². The van der Waals surface area contributed by atoms with Gasteiger partial charge in [0.05, 0.1) is 5.69 Å². The SMILES string of the molecule is Cc1ccnc2[nH]c(=O)c(N)cc12. The highest BCUT2D eigenvalue weighted by Gasteiger charge is 2.01. The molecule has 2 aromatic rings. The zero-order chi connectivity index (χ0) is 9.42. The van der Waals surface area contributed by atoms with Crippen molar-refractivity contribution in [2.24, 2.45) is 0 Å². The quantitative estimate of drug-likeness (QED) is 0.622. The summed E-state index contributed by atoms with van der Waals surface area (Å²) in [6.45, 7) is 1.95. The average Bonchev–Trinajstić information content (AvgIpc) is 2.09. The molecular weight excluding hydrogens is 166 g/mol. The minimum absolute atomic E-state index is 0.226. The van der Waals surface area contributed by atoms with Crippen LogP contribution in [0, 0.1) is 6.92 Å². The molecular formula is C9H9N3O. The van der Waals surface area contributed by atoms with E-state index >= 15 is 0 Å². The number of nitrogens with one attached hydrogen (secondary N) is 1. The largest absolute Gasteiger partial charge is 0.394 e. The number of anilines is 1. The van der Waals surface area contributed by atoms with Gasteiger partial charge in [0.25, 0.3) is 5.56 Å². The predicted octanol–water partition coefficient (Wildman–Crippen LogP) is 0.814. The summed E-state index contributed by atoms with van der Waals surface area (Å²) in [5.41, 5.74) is 7.05. The van der Waals surface area contributed by atoms with Crippen molar-refractivity contribution in [2.45, 2.75) is 6.92 Å². The fraction of sp³-hybridized carbons (Fsp3) is 0.111. The Morgan fingerprint density at radius 2 is 2.31 bits per heavy atom. The Morgan fingerprint density at radius 1 is 1.54 bits per heavy atom. The monoisotopic (exact) mass is 175 g/mol. The summed E-state index contributed by atoms with van der Waals surface area (Å²) in [5.74, 6) is 0. The number of aromatic nitrogens is 2. The van der Waals surface area contributed by atoms with Crippen molar-refractivity contribution in [1.82, 2.24) is 9.97 Å². The van der Waals surface area contributed by atoms with Crippen LogP contribution in [0.4, 0.5) is 5.69 Å². The first kappa shape index (κ1) is 7.79. The molecule has 4 nitrogen and oxygen atoms in total. The van der Waals surface area contributed by atoms with Crippen LogP contribution in [0.5, 0.6) is 0 Å². The summed E-state index contributed by atoms with van der Waals surface area (Å²) < 4.78 is 0. The minimum atomic E-state index is -0.286. The number of nitrogens with zero attached hydrogens (tertiary/aromatic N) is 1. The first-order valence-electron chi connectivity index (χ1n) is 3.92. The van der Waals surface area contributed by atoms with Crippen LogP contribution in [0.3, 0.4) is 0 Å². The molecule has 2 heterocycles. The van der Waals surface area contributed by atoms with Gasteiger partial charge in [-0.2, -0.15) is 0 Å². The second-order valence-electron chi connectivity index (χ2n) is 2.94. The highest BCUT2D eigenvalue weighted by Crippen LogP contribution is 2.13. The molecule has 0 amide bonds. The molecule has 0 saturated carbocycles. The lowest BCUT2D eigenvalue weighted by atomic mass is 10.2. The van der Waals surface area contributed by atoms with Gasteiger partial charge in [-0.3, -0.25) is 4.79 Å². The first-order chi connectivity index (χ1) is 6.18. The first-order valence-corrected chi connectivity index (χ1v) is 3.92. The summed E-state index contributed by atoms with van der Waals surface area (Å²) in [6.07, 6.45) is 1.66. The summed E-state index contributed by atoms with van der Waals surface area (Å²) in [5, 5.41) is 0.889. The Balaban J connectivity index is 2.97. The predicted molar refractivity (Wildman–Crippen MR) is 51.5 cm³/mol. The van der Waals surface area contributed by atoms with Gasteiger partial charge in [0.2, 0.25) is 0 Å². The van der Waals surface area contributed by atoms with Gasteiger partial charge in [0.15, 0.2) is 0 Å². The van der Waals surface area contributed by atoms with Gasteiger partial charge in [-0.25, -0.2) is 4.98 Å². The third-order valence-electron chi connectivity index (χ3n) is 2.00. The van der Waals surface area contributed by atoms with Gasteiger partial charge >= 0.3 is 0 Å². The maximum atomic E-state index is 11.1. The molecule has 66 valence electrons. The van der Waals surface area contributed by atoms with Crippen molar-refractivity contribution in [3.8, 4) is 0 Å². The van der Waals surface area contributed by atoms with Gasteiger partial charge in [0, 0.05) is 11.6 Å². The fourth-order valence-electron chi connectivity index (χ4n) is 1.25. The Labute approximate surface area is 74.4 Å². The van der Waals surface area contributed by atoms with Crippen LogP contribution in [-0.4, -0.2) is 9.97 Å². The van der Waals surface area contributed by atoms with Crippen LogP contribution in [-0.2, 0) is 0 Å². The van der Waals surface area contributed by atoms with Crippen LogP contribution >= 0.6 is 0 Å². The molecule has 0 aliphatic heterocycles. The van der Waals surface area contributed by atoms with E-state index in [0.29, 0.717) is 5.65 Å². The van der Waals surface area contributed by atoms with Crippen LogP contribution in [0.1, 0.15) is 5.56 Å². The van der Waals surface area contributed by atoms with Crippen LogP contribution in [0.15, 0.2) is 23.1 Å². The Morgan fingerprint density at radius 3 is 3.08 bits per heavy atom. The van der Waals surface area contributed by atoms with E-state index in [1.165, 1.54) is 0 Å². The number of aryl methyl sites for hydroxylation is 1. The standard InChI is InChI=1S/C9H9N3O/c1-5-2-3-11-8-6(5)4-7(10)9(13)12-8/h2-4H,10H2,1H3,(H,11,12,13). The molecule has 2 rings (SSSR count). The molecule has 0 fully saturated rings. The normalized spacial score (nSPS) is 10.5. The number of aromatic amines is 1. The van der Waals surface area contributed by atoms with E-state index < -0.39 is 0 Å². The van der Waals surface area contributed by atoms with E-state index in [1.54, 1.807) is 12.3 Å². The minimum Gasteiger partial charge on any atom is -0.394 e. The lowest BCUT2D eigenvalue weighted by molar-refractivity contribution is 1.22. The maximum absolute atomic E-state index is 11.1. The molecule has 0 unspecified atom stereocenters. The molecule has 13 heavy (non-hydrogen) atoms. The molecule has 0 bridgehead atoms. The molecule has 4 heteroatoms. The van der Waals surface area contributed by atoms with Crippen LogP contribution in [0.2, 0.25) is 0 Å². The Hall–Kier alpha value is -1.84. The Bertz CT molecular complexity index is 516.